The van der Waals surface area contributed by atoms with Crippen LogP contribution in [-0.4, -0.2) is 19.0 Å². The lowest BCUT2D eigenvalue weighted by Crippen LogP contribution is -2.17. The molecule has 1 heterocycles. The molecule has 0 spiro atoms. The molecule has 2 nitrogen and oxygen atoms in total. The number of ether oxygens (including phenoxy) is 1. The van der Waals surface area contributed by atoms with Crippen molar-refractivity contribution in [3.8, 4) is 0 Å². The molecule has 16 heavy (non-hydrogen) atoms. The summed E-state index contributed by atoms with van der Waals surface area (Å²) in [4.78, 5) is 10.4. The first-order valence-corrected chi connectivity index (χ1v) is 6.42. The molecule has 0 amide bonds. The second-order valence-electron chi connectivity index (χ2n) is 4.95. The van der Waals surface area contributed by atoms with Crippen LogP contribution in [0.5, 0.6) is 0 Å². The molecule has 1 rings (SSSR count). The molecule has 1 aliphatic rings. The molecule has 4 unspecified atom stereocenters. The van der Waals surface area contributed by atoms with Gasteiger partial charge < -0.3 is 9.53 Å². The Balaban J connectivity index is 2.50. The van der Waals surface area contributed by atoms with Gasteiger partial charge in [-0.1, -0.05) is 39.3 Å². The Bertz CT molecular complexity index is 235. The highest BCUT2D eigenvalue weighted by Gasteiger charge is 2.32. The van der Waals surface area contributed by atoms with E-state index in [0.717, 1.165) is 25.7 Å². The standard InChI is InChI=1S/C14H24O2/c1-4-11(2)7-8-14-13(6-5-9-15)12(3)10-16-14/h7-9,11-14H,4-6,10H2,1-3H3/b8-7+. The number of hydrogen-bond acceptors (Lipinski definition) is 2. The summed E-state index contributed by atoms with van der Waals surface area (Å²) in [6.07, 6.45) is 8.47. The van der Waals surface area contributed by atoms with Crippen molar-refractivity contribution in [3.05, 3.63) is 12.2 Å². The molecular weight excluding hydrogens is 200 g/mol. The SMILES string of the molecule is CCC(C)/C=C/C1OCC(C)C1CCC=O. The highest BCUT2D eigenvalue weighted by molar-refractivity contribution is 5.49. The van der Waals surface area contributed by atoms with Gasteiger partial charge in [0.25, 0.3) is 0 Å². The topological polar surface area (TPSA) is 26.3 Å². The first-order chi connectivity index (χ1) is 7.69. The molecule has 0 aliphatic carbocycles. The summed E-state index contributed by atoms with van der Waals surface area (Å²) in [5.41, 5.74) is 0. The molecule has 92 valence electrons. The van der Waals surface area contributed by atoms with E-state index >= 15 is 0 Å². The minimum absolute atomic E-state index is 0.226. The van der Waals surface area contributed by atoms with E-state index in [-0.39, 0.29) is 6.10 Å². The summed E-state index contributed by atoms with van der Waals surface area (Å²) in [6.45, 7) is 7.46. The van der Waals surface area contributed by atoms with E-state index in [1.165, 1.54) is 0 Å². The summed E-state index contributed by atoms with van der Waals surface area (Å²) < 4.78 is 5.77. The molecule has 0 N–H and O–H groups in total. The molecule has 0 aromatic carbocycles. The fourth-order valence-corrected chi connectivity index (χ4v) is 2.18. The van der Waals surface area contributed by atoms with Crippen molar-refractivity contribution in [1.82, 2.24) is 0 Å². The maximum Gasteiger partial charge on any atom is 0.120 e. The Hall–Kier alpha value is -0.630. The molecule has 1 fully saturated rings. The largest absolute Gasteiger partial charge is 0.374 e. The lowest BCUT2D eigenvalue weighted by Gasteiger charge is -2.17. The van der Waals surface area contributed by atoms with Crippen LogP contribution in [-0.2, 0) is 9.53 Å². The minimum Gasteiger partial charge on any atom is -0.374 e. The van der Waals surface area contributed by atoms with E-state index in [4.69, 9.17) is 4.74 Å². The molecule has 0 bridgehead atoms. The Labute approximate surface area is 99.1 Å². The molecule has 4 atom stereocenters. The van der Waals surface area contributed by atoms with Crippen LogP contribution in [0.3, 0.4) is 0 Å². The van der Waals surface area contributed by atoms with Gasteiger partial charge in [0.15, 0.2) is 0 Å². The van der Waals surface area contributed by atoms with Crippen LogP contribution in [0.1, 0.15) is 40.0 Å². The fraction of sp³-hybridized carbons (Fsp3) is 0.786. The lowest BCUT2D eigenvalue weighted by molar-refractivity contribution is -0.108. The predicted molar refractivity (Wildman–Crippen MR) is 66.3 cm³/mol. The molecule has 1 aliphatic heterocycles. The van der Waals surface area contributed by atoms with Crippen LogP contribution in [0.25, 0.3) is 0 Å². The van der Waals surface area contributed by atoms with E-state index < -0.39 is 0 Å². The maximum absolute atomic E-state index is 10.4. The Morgan fingerprint density at radius 2 is 2.25 bits per heavy atom. The molecule has 0 radical (unpaired) electrons. The molecule has 2 heteroatoms. The number of allylic oxidation sites excluding steroid dienone is 1. The molecule has 0 saturated carbocycles. The van der Waals surface area contributed by atoms with Crippen LogP contribution < -0.4 is 0 Å². The number of rotatable bonds is 6. The van der Waals surface area contributed by atoms with Crippen molar-refractivity contribution in [2.75, 3.05) is 6.61 Å². The van der Waals surface area contributed by atoms with Crippen LogP contribution in [0.4, 0.5) is 0 Å². The lowest BCUT2D eigenvalue weighted by atomic mass is 9.87. The molecular formula is C14H24O2. The van der Waals surface area contributed by atoms with Gasteiger partial charge in [0.2, 0.25) is 0 Å². The van der Waals surface area contributed by atoms with Crippen molar-refractivity contribution in [1.29, 1.82) is 0 Å². The summed E-state index contributed by atoms with van der Waals surface area (Å²) in [5, 5.41) is 0. The average Bonchev–Trinajstić information content (AvgIpc) is 2.64. The highest BCUT2D eigenvalue weighted by Crippen LogP contribution is 2.31. The van der Waals surface area contributed by atoms with Gasteiger partial charge in [0.05, 0.1) is 12.7 Å². The van der Waals surface area contributed by atoms with Crippen molar-refractivity contribution < 1.29 is 9.53 Å². The molecule has 0 aromatic rings. The third-order valence-corrected chi connectivity index (χ3v) is 3.60. The maximum atomic E-state index is 10.4. The monoisotopic (exact) mass is 224 g/mol. The summed E-state index contributed by atoms with van der Waals surface area (Å²) in [6, 6.07) is 0. The number of carbonyl (C=O) groups excluding carboxylic acids is 1. The van der Waals surface area contributed by atoms with Crippen LogP contribution in [0, 0.1) is 17.8 Å². The normalized spacial score (nSPS) is 32.1. The van der Waals surface area contributed by atoms with Gasteiger partial charge in [0, 0.05) is 6.42 Å². The van der Waals surface area contributed by atoms with Crippen molar-refractivity contribution in [3.63, 3.8) is 0 Å². The minimum atomic E-state index is 0.226. The van der Waals surface area contributed by atoms with E-state index in [1.807, 2.05) is 0 Å². The van der Waals surface area contributed by atoms with Gasteiger partial charge in [-0.3, -0.25) is 0 Å². The van der Waals surface area contributed by atoms with Crippen LogP contribution in [0.2, 0.25) is 0 Å². The van der Waals surface area contributed by atoms with E-state index in [2.05, 4.69) is 32.9 Å². The number of carbonyl (C=O) groups is 1. The van der Waals surface area contributed by atoms with Gasteiger partial charge in [0.1, 0.15) is 6.29 Å². The Morgan fingerprint density at radius 1 is 1.50 bits per heavy atom. The zero-order valence-corrected chi connectivity index (χ0v) is 10.7. The third-order valence-electron chi connectivity index (χ3n) is 3.60. The fourth-order valence-electron chi connectivity index (χ4n) is 2.18. The predicted octanol–water partition coefficient (Wildman–Crippen LogP) is 3.22. The van der Waals surface area contributed by atoms with Gasteiger partial charge in [-0.15, -0.1) is 0 Å². The highest BCUT2D eigenvalue weighted by atomic mass is 16.5. The summed E-state index contributed by atoms with van der Waals surface area (Å²) >= 11 is 0. The number of hydrogen-bond donors (Lipinski definition) is 0. The molecule has 1 saturated heterocycles. The first kappa shape index (κ1) is 13.4. The first-order valence-electron chi connectivity index (χ1n) is 6.42. The van der Waals surface area contributed by atoms with Crippen LogP contribution >= 0.6 is 0 Å². The second kappa shape index (κ2) is 6.85. The second-order valence-corrected chi connectivity index (χ2v) is 4.95. The third kappa shape index (κ3) is 3.75. The Kier molecular flexibility index (Phi) is 5.75. The quantitative estimate of drug-likeness (QED) is 0.511. The van der Waals surface area contributed by atoms with Gasteiger partial charge >= 0.3 is 0 Å². The van der Waals surface area contributed by atoms with Crippen molar-refractivity contribution >= 4 is 6.29 Å². The Morgan fingerprint density at radius 3 is 2.88 bits per heavy atom. The summed E-state index contributed by atoms with van der Waals surface area (Å²) in [5.74, 6) is 1.71. The van der Waals surface area contributed by atoms with Crippen molar-refractivity contribution in [2.24, 2.45) is 17.8 Å². The van der Waals surface area contributed by atoms with Gasteiger partial charge in [-0.05, 0) is 24.2 Å². The van der Waals surface area contributed by atoms with E-state index in [1.54, 1.807) is 0 Å². The zero-order valence-electron chi connectivity index (χ0n) is 10.7. The van der Waals surface area contributed by atoms with Gasteiger partial charge in [-0.2, -0.15) is 0 Å². The van der Waals surface area contributed by atoms with E-state index in [9.17, 15) is 4.79 Å². The van der Waals surface area contributed by atoms with Crippen molar-refractivity contribution in [2.45, 2.75) is 46.1 Å². The van der Waals surface area contributed by atoms with Gasteiger partial charge in [-0.25, -0.2) is 0 Å². The van der Waals surface area contributed by atoms with Crippen LogP contribution in [0.15, 0.2) is 12.2 Å². The average molecular weight is 224 g/mol. The molecule has 0 aromatic heterocycles. The number of aldehydes is 1. The van der Waals surface area contributed by atoms with E-state index in [0.29, 0.717) is 24.2 Å². The zero-order chi connectivity index (χ0) is 12.0. The summed E-state index contributed by atoms with van der Waals surface area (Å²) in [7, 11) is 0. The smallest absolute Gasteiger partial charge is 0.120 e.